The SMILES string of the molecule is CCOC(=O)CCCNC(=O)C(C)(C)O. The highest BCUT2D eigenvalue weighted by Gasteiger charge is 2.22. The van der Waals surface area contributed by atoms with Gasteiger partial charge >= 0.3 is 5.97 Å². The predicted octanol–water partition coefficient (Wildman–Crippen LogP) is 0.217. The maximum Gasteiger partial charge on any atom is 0.305 e. The fraction of sp³-hybridized carbons (Fsp3) is 0.800. The third kappa shape index (κ3) is 6.90. The largest absolute Gasteiger partial charge is 0.466 e. The summed E-state index contributed by atoms with van der Waals surface area (Å²) in [6, 6.07) is 0. The number of carbonyl (C=O) groups excluding carboxylic acids is 2. The molecule has 5 heteroatoms. The minimum Gasteiger partial charge on any atom is -0.466 e. The molecule has 0 aromatic rings. The van der Waals surface area contributed by atoms with E-state index in [0.29, 0.717) is 19.6 Å². The summed E-state index contributed by atoms with van der Waals surface area (Å²) >= 11 is 0. The Morgan fingerprint density at radius 1 is 1.40 bits per heavy atom. The van der Waals surface area contributed by atoms with Crippen molar-refractivity contribution in [3.05, 3.63) is 0 Å². The van der Waals surface area contributed by atoms with Gasteiger partial charge in [-0.1, -0.05) is 0 Å². The van der Waals surface area contributed by atoms with Crippen molar-refractivity contribution in [2.75, 3.05) is 13.2 Å². The number of nitrogens with one attached hydrogen (secondary N) is 1. The highest BCUT2D eigenvalue weighted by atomic mass is 16.5. The number of ether oxygens (including phenoxy) is 1. The summed E-state index contributed by atoms with van der Waals surface area (Å²) in [5.74, 6) is -0.707. The monoisotopic (exact) mass is 217 g/mol. The van der Waals surface area contributed by atoms with E-state index in [1.54, 1.807) is 6.92 Å². The average molecular weight is 217 g/mol. The van der Waals surface area contributed by atoms with Gasteiger partial charge in [0.2, 0.25) is 0 Å². The van der Waals surface area contributed by atoms with Crippen LogP contribution in [0.5, 0.6) is 0 Å². The Morgan fingerprint density at radius 3 is 2.47 bits per heavy atom. The van der Waals surface area contributed by atoms with Gasteiger partial charge in [0.25, 0.3) is 5.91 Å². The van der Waals surface area contributed by atoms with Gasteiger partial charge in [0, 0.05) is 13.0 Å². The molecule has 0 unspecified atom stereocenters. The van der Waals surface area contributed by atoms with Gasteiger partial charge in [-0.2, -0.15) is 0 Å². The third-order valence-corrected chi connectivity index (χ3v) is 1.70. The molecular formula is C10H19NO4. The standard InChI is InChI=1S/C10H19NO4/c1-4-15-8(12)6-5-7-11-9(13)10(2,3)14/h14H,4-7H2,1-3H3,(H,11,13). The van der Waals surface area contributed by atoms with E-state index in [1.165, 1.54) is 13.8 Å². The summed E-state index contributed by atoms with van der Waals surface area (Å²) in [5, 5.41) is 11.8. The first-order valence-corrected chi connectivity index (χ1v) is 5.04. The number of aliphatic hydroxyl groups is 1. The number of rotatable bonds is 6. The minimum atomic E-state index is -1.37. The number of hydrogen-bond acceptors (Lipinski definition) is 4. The molecule has 0 saturated heterocycles. The topological polar surface area (TPSA) is 75.6 Å². The molecule has 1 amide bonds. The summed E-state index contributed by atoms with van der Waals surface area (Å²) in [6.45, 7) is 5.30. The first-order valence-electron chi connectivity index (χ1n) is 5.04. The lowest BCUT2D eigenvalue weighted by molar-refractivity contribution is -0.143. The molecule has 0 fully saturated rings. The van der Waals surface area contributed by atoms with Gasteiger partial charge in [0.05, 0.1) is 6.61 Å². The van der Waals surface area contributed by atoms with Crippen molar-refractivity contribution in [2.24, 2.45) is 0 Å². The van der Waals surface area contributed by atoms with Crippen LogP contribution in [0.25, 0.3) is 0 Å². The molecule has 0 rings (SSSR count). The number of carbonyl (C=O) groups is 2. The van der Waals surface area contributed by atoms with Crippen LogP contribution in [-0.2, 0) is 14.3 Å². The summed E-state index contributed by atoms with van der Waals surface area (Å²) in [5.41, 5.74) is -1.37. The number of amides is 1. The van der Waals surface area contributed by atoms with Crippen LogP contribution in [0.2, 0.25) is 0 Å². The first-order chi connectivity index (χ1) is 6.88. The fourth-order valence-corrected chi connectivity index (χ4v) is 0.884. The molecule has 15 heavy (non-hydrogen) atoms. The molecule has 2 N–H and O–H groups in total. The van der Waals surface area contributed by atoms with Crippen LogP contribution < -0.4 is 5.32 Å². The van der Waals surface area contributed by atoms with E-state index >= 15 is 0 Å². The van der Waals surface area contributed by atoms with Crippen molar-refractivity contribution in [3.8, 4) is 0 Å². The first kappa shape index (κ1) is 13.9. The van der Waals surface area contributed by atoms with Crippen molar-refractivity contribution in [3.63, 3.8) is 0 Å². The van der Waals surface area contributed by atoms with Gasteiger partial charge in [-0.3, -0.25) is 9.59 Å². The lowest BCUT2D eigenvalue weighted by atomic mass is 10.1. The Bertz CT molecular complexity index is 220. The van der Waals surface area contributed by atoms with E-state index in [9.17, 15) is 14.7 Å². The van der Waals surface area contributed by atoms with Crippen molar-refractivity contribution in [1.29, 1.82) is 0 Å². The van der Waals surface area contributed by atoms with E-state index in [-0.39, 0.29) is 12.4 Å². The summed E-state index contributed by atoms with van der Waals surface area (Å²) in [4.78, 5) is 22.1. The van der Waals surface area contributed by atoms with Crippen molar-refractivity contribution >= 4 is 11.9 Å². The molecule has 0 aromatic heterocycles. The second-order valence-corrected chi connectivity index (χ2v) is 3.72. The molecule has 0 atom stereocenters. The van der Waals surface area contributed by atoms with E-state index in [2.05, 4.69) is 5.32 Å². The molecule has 0 radical (unpaired) electrons. The smallest absolute Gasteiger partial charge is 0.305 e. The predicted molar refractivity (Wildman–Crippen MR) is 55.2 cm³/mol. The lowest BCUT2D eigenvalue weighted by Crippen LogP contribution is -2.42. The number of esters is 1. The van der Waals surface area contributed by atoms with Gasteiger partial charge in [-0.15, -0.1) is 0 Å². The van der Waals surface area contributed by atoms with Crippen LogP contribution in [0.4, 0.5) is 0 Å². The Balaban J connectivity index is 3.55. The van der Waals surface area contributed by atoms with Crippen LogP contribution >= 0.6 is 0 Å². The Labute approximate surface area is 89.8 Å². The van der Waals surface area contributed by atoms with Crippen molar-refractivity contribution < 1.29 is 19.4 Å². The van der Waals surface area contributed by atoms with Crippen molar-refractivity contribution in [1.82, 2.24) is 5.32 Å². The molecule has 0 bridgehead atoms. The van der Waals surface area contributed by atoms with Gasteiger partial charge in [-0.25, -0.2) is 0 Å². The molecule has 0 aliphatic heterocycles. The molecule has 0 spiro atoms. The van der Waals surface area contributed by atoms with Gasteiger partial charge in [0.15, 0.2) is 0 Å². The maximum atomic E-state index is 11.2. The van der Waals surface area contributed by atoms with E-state index in [4.69, 9.17) is 4.74 Å². The van der Waals surface area contributed by atoms with E-state index < -0.39 is 11.5 Å². The van der Waals surface area contributed by atoms with Crippen LogP contribution in [0.1, 0.15) is 33.6 Å². The van der Waals surface area contributed by atoms with Gasteiger partial charge < -0.3 is 15.2 Å². The fourth-order valence-electron chi connectivity index (χ4n) is 0.884. The molecule has 0 aromatic carbocycles. The van der Waals surface area contributed by atoms with Crippen LogP contribution in [0.3, 0.4) is 0 Å². The lowest BCUT2D eigenvalue weighted by Gasteiger charge is -2.16. The van der Waals surface area contributed by atoms with Crippen LogP contribution in [0.15, 0.2) is 0 Å². The Hall–Kier alpha value is -1.10. The zero-order chi connectivity index (χ0) is 11.9. The molecule has 88 valence electrons. The minimum absolute atomic E-state index is 0.269. The van der Waals surface area contributed by atoms with Gasteiger partial charge in [-0.05, 0) is 27.2 Å². The highest BCUT2D eigenvalue weighted by Crippen LogP contribution is 2.00. The summed E-state index contributed by atoms with van der Waals surface area (Å²) in [7, 11) is 0. The van der Waals surface area contributed by atoms with E-state index in [1.807, 2.05) is 0 Å². The summed E-state index contributed by atoms with van der Waals surface area (Å²) < 4.78 is 4.72. The molecule has 0 saturated carbocycles. The van der Waals surface area contributed by atoms with Crippen LogP contribution in [-0.4, -0.2) is 35.7 Å². The highest BCUT2D eigenvalue weighted by molar-refractivity contribution is 5.83. The Kier molecular flexibility index (Phi) is 5.93. The second-order valence-electron chi connectivity index (χ2n) is 3.72. The summed E-state index contributed by atoms with van der Waals surface area (Å²) in [6.07, 6.45) is 0.792. The Morgan fingerprint density at radius 2 is 2.00 bits per heavy atom. The van der Waals surface area contributed by atoms with E-state index in [0.717, 1.165) is 0 Å². The van der Waals surface area contributed by atoms with Crippen molar-refractivity contribution in [2.45, 2.75) is 39.2 Å². The van der Waals surface area contributed by atoms with Crippen LogP contribution in [0, 0.1) is 0 Å². The third-order valence-electron chi connectivity index (χ3n) is 1.70. The maximum absolute atomic E-state index is 11.2. The normalized spacial score (nSPS) is 10.9. The second kappa shape index (κ2) is 6.40. The average Bonchev–Trinajstić information content (AvgIpc) is 2.11. The molecular weight excluding hydrogens is 198 g/mol. The molecule has 0 heterocycles. The molecule has 0 aliphatic carbocycles. The molecule has 0 aliphatic rings. The number of hydrogen-bond donors (Lipinski definition) is 2. The quantitative estimate of drug-likeness (QED) is 0.493. The van der Waals surface area contributed by atoms with Gasteiger partial charge in [0.1, 0.15) is 5.60 Å². The zero-order valence-corrected chi connectivity index (χ0v) is 9.50. The molecule has 5 nitrogen and oxygen atoms in total. The zero-order valence-electron chi connectivity index (χ0n) is 9.50.